The highest BCUT2D eigenvalue weighted by Crippen LogP contribution is 2.35. The number of methoxy groups -OCH3 is 2. The van der Waals surface area contributed by atoms with E-state index in [0.29, 0.717) is 11.5 Å². The van der Waals surface area contributed by atoms with Gasteiger partial charge in [0.05, 0.1) is 19.8 Å². The maximum Gasteiger partial charge on any atom is 0.335 e. The van der Waals surface area contributed by atoms with Crippen LogP contribution in [0.5, 0.6) is 11.5 Å². The van der Waals surface area contributed by atoms with E-state index in [9.17, 15) is 9.90 Å². The molecule has 6 nitrogen and oxygen atoms in total. The van der Waals surface area contributed by atoms with E-state index in [0.717, 1.165) is 33.3 Å². The Balaban J connectivity index is 1.83. The van der Waals surface area contributed by atoms with Crippen LogP contribution in [0.2, 0.25) is 0 Å². The van der Waals surface area contributed by atoms with Crippen molar-refractivity contribution >= 4 is 17.0 Å². The second-order valence-corrected chi connectivity index (χ2v) is 6.28. The number of aromatic nitrogens is 2. The number of H-pyrrole nitrogens is 1. The minimum Gasteiger partial charge on any atom is -0.493 e. The van der Waals surface area contributed by atoms with Crippen LogP contribution in [-0.4, -0.2) is 35.3 Å². The van der Waals surface area contributed by atoms with Gasteiger partial charge < -0.3 is 19.6 Å². The van der Waals surface area contributed by atoms with Gasteiger partial charge in [-0.15, -0.1) is 0 Å². The molecular formula is C22H18N2O4. The number of aromatic amines is 1. The SMILES string of the molecule is COc1ccc(-c2cnc3[nH]cc(-c4cccc(C(=O)O)c4)c3c2)cc1OC. The van der Waals surface area contributed by atoms with Gasteiger partial charge in [-0.05, 0) is 41.5 Å². The number of benzene rings is 2. The van der Waals surface area contributed by atoms with Gasteiger partial charge in [0.2, 0.25) is 0 Å². The lowest BCUT2D eigenvalue weighted by Gasteiger charge is -2.10. The third kappa shape index (κ3) is 3.05. The van der Waals surface area contributed by atoms with Crippen LogP contribution < -0.4 is 9.47 Å². The Morgan fingerprint density at radius 1 is 0.964 bits per heavy atom. The highest BCUT2D eigenvalue weighted by atomic mass is 16.5. The number of carboxylic acids is 1. The second-order valence-electron chi connectivity index (χ2n) is 6.28. The van der Waals surface area contributed by atoms with E-state index in [1.807, 2.05) is 36.5 Å². The lowest BCUT2D eigenvalue weighted by Crippen LogP contribution is -1.95. The van der Waals surface area contributed by atoms with E-state index < -0.39 is 5.97 Å². The molecule has 4 aromatic rings. The Morgan fingerprint density at radius 3 is 2.54 bits per heavy atom. The van der Waals surface area contributed by atoms with Gasteiger partial charge in [0.1, 0.15) is 5.65 Å². The fourth-order valence-corrected chi connectivity index (χ4v) is 3.24. The van der Waals surface area contributed by atoms with Gasteiger partial charge in [-0.1, -0.05) is 18.2 Å². The summed E-state index contributed by atoms with van der Waals surface area (Å²) >= 11 is 0. The van der Waals surface area contributed by atoms with E-state index in [1.54, 1.807) is 38.6 Å². The summed E-state index contributed by atoms with van der Waals surface area (Å²) in [5, 5.41) is 10.2. The highest BCUT2D eigenvalue weighted by Gasteiger charge is 2.12. The summed E-state index contributed by atoms with van der Waals surface area (Å²) in [6, 6.07) is 14.6. The highest BCUT2D eigenvalue weighted by molar-refractivity contribution is 5.97. The molecule has 4 rings (SSSR count). The lowest BCUT2D eigenvalue weighted by molar-refractivity contribution is 0.0697. The summed E-state index contributed by atoms with van der Waals surface area (Å²) in [6.07, 6.45) is 3.63. The Hall–Kier alpha value is -3.80. The van der Waals surface area contributed by atoms with E-state index >= 15 is 0 Å². The van der Waals surface area contributed by atoms with Crippen molar-refractivity contribution in [2.24, 2.45) is 0 Å². The zero-order valence-corrected chi connectivity index (χ0v) is 15.4. The number of ether oxygens (including phenoxy) is 2. The van der Waals surface area contributed by atoms with Crippen LogP contribution in [-0.2, 0) is 0 Å². The van der Waals surface area contributed by atoms with Crippen molar-refractivity contribution in [2.75, 3.05) is 14.2 Å². The molecule has 2 N–H and O–H groups in total. The number of aromatic carboxylic acids is 1. The van der Waals surface area contributed by atoms with Gasteiger partial charge in [-0.2, -0.15) is 0 Å². The average molecular weight is 374 g/mol. The van der Waals surface area contributed by atoms with Gasteiger partial charge in [0.15, 0.2) is 11.5 Å². The van der Waals surface area contributed by atoms with Crippen LogP contribution in [0, 0.1) is 0 Å². The molecular weight excluding hydrogens is 356 g/mol. The molecule has 0 aliphatic rings. The summed E-state index contributed by atoms with van der Waals surface area (Å²) in [7, 11) is 3.20. The van der Waals surface area contributed by atoms with Gasteiger partial charge in [0, 0.05) is 28.9 Å². The second kappa shape index (κ2) is 7.08. The van der Waals surface area contributed by atoms with Crippen molar-refractivity contribution in [1.29, 1.82) is 0 Å². The molecule has 0 radical (unpaired) electrons. The zero-order chi connectivity index (χ0) is 19.7. The smallest absolute Gasteiger partial charge is 0.335 e. The number of nitrogens with one attached hydrogen (secondary N) is 1. The van der Waals surface area contributed by atoms with Crippen molar-refractivity contribution in [3.05, 3.63) is 66.5 Å². The Labute approximate surface area is 161 Å². The first-order valence-corrected chi connectivity index (χ1v) is 8.64. The first kappa shape index (κ1) is 17.6. The fraction of sp³-hybridized carbons (Fsp3) is 0.0909. The van der Waals surface area contributed by atoms with Crippen molar-refractivity contribution < 1.29 is 19.4 Å². The molecule has 0 atom stereocenters. The number of pyridine rings is 1. The molecule has 6 heteroatoms. The molecule has 0 bridgehead atoms. The summed E-state index contributed by atoms with van der Waals surface area (Å²) in [5.74, 6) is 0.350. The largest absolute Gasteiger partial charge is 0.493 e. The first-order valence-electron chi connectivity index (χ1n) is 8.64. The van der Waals surface area contributed by atoms with Gasteiger partial charge in [-0.3, -0.25) is 0 Å². The van der Waals surface area contributed by atoms with Crippen LogP contribution >= 0.6 is 0 Å². The van der Waals surface area contributed by atoms with Gasteiger partial charge in [-0.25, -0.2) is 9.78 Å². The van der Waals surface area contributed by atoms with Crippen molar-refractivity contribution in [3.63, 3.8) is 0 Å². The molecule has 0 saturated heterocycles. The quantitative estimate of drug-likeness (QED) is 0.533. The van der Waals surface area contributed by atoms with Crippen LogP contribution in [0.15, 0.2) is 60.9 Å². The van der Waals surface area contributed by atoms with E-state index in [-0.39, 0.29) is 5.56 Å². The van der Waals surface area contributed by atoms with E-state index in [4.69, 9.17) is 9.47 Å². The summed E-state index contributed by atoms with van der Waals surface area (Å²) < 4.78 is 10.7. The number of hydrogen-bond acceptors (Lipinski definition) is 4. The molecule has 2 aromatic carbocycles. The molecule has 0 unspecified atom stereocenters. The van der Waals surface area contributed by atoms with Crippen LogP contribution in [0.1, 0.15) is 10.4 Å². The molecule has 0 fully saturated rings. The third-order valence-electron chi connectivity index (χ3n) is 4.67. The topological polar surface area (TPSA) is 84.4 Å². The number of nitrogens with zero attached hydrogens (tertiary/aromatic N) is 1. The summed E-state index contributed by atoms with van der Waals surface area (Å²) in [6.45, 7) is 0. The standard InChI is InChI=1S/C22H18N2O4/c1-27-19-7-6-13(10-20(19)28-2)16-9-17-18(12-24-21(17)23-11-16)14-4-3-5-15(8-14)22(25)26/h3-12H,1-2H3,(H,23,24)(H,25,26). The minimum absolute atomic E-state index is 0.246. The number of carbonyl (C=O) groups is 1. The molecule has 140 valence electrons. The Bertz CT molecular complexity index is 1180. The van der Waals surface area contributed by atoms with E-state index in [1.165, 1.54) is 0 Å². The minimum atomic E-state index is -0.953. The molecule has 0 aliphatic carbocycles. The molecule has 0 aliphatic heterocycles. The maximum atomic E-state index is 11.3. The van der Waals surface area contributed by atoms with Crippen LogP contribution in [0.3, 0.4) is 0 Å². The normalized spacial score (nSPS) is 10.8. The van der Waals surface area contributed by atoms with Crippen LogP contribution in [0.4, 0.5) is 0 Å². The number of fused-ring (bicyclic) bond motifs is 1. The average Bonchev–Trinajstić information content (AvgIpc) is 3.16. The number of hydrogen-bond donors (Lipinski definition) is 2. The molecule has 28 heavy (non-hydrogen) atoms. The lowest BCUT2D eigenvalue weighted by atomic mass is 10.0. The van der Waals surface area contributed by atoms with Crippen molar-refractivity contribution in [1.82, 2.24) is 9.97 Å². The molecule has 0 spiro atoms. The predicted octanol–water partition coefficient (Wildman–Crippen LogP) is 4.61. The van der Waals surface area contributed by atoms with Gasteiger partial charge in [0.25, 0.3) is 0 Å². The first-order chi connectivity index (χ1) is 13.6. The Kier molecular flexibility index (Phi) is 4.45. The number of carboxylic acid groups (broad SMARTS) is 1. The Morgan fingerprint density at radius 2 is 1.79 bits per heavy atom. The third-order valence-corrected chi connectivity index (χ3v) is 4.67. The predicted molar refractivity (Wildman–Crippen MR) is 107 cm³/mol. The monoisotopic (exact) mass is 374 g/mol. The van der Waals surface area contributed by atoms with Crippen molar-refractivity contribution in [2.45, 2.75) is 0 Å². The molecule has 0 amide bonds. The fourth-order valence-electron chi connectivity index (χ4n) is 3.24. The van der Waals surface area contributed by atoms with E-state index in [2.05, 4.69) is 9.97 Å². The molecule has 2 aromatic heterocycles. The van der Waals surface area contributed by atoms with Crippen LogP contribution in [0.25, 0.3) is 33.3 Å². The maximum absolute atomic E-state index is 11.3. The zero-order valence-electron chi connectivity index (χ0n) is 15.4. The van der Waals surface area contributed by atoms with Crippen molar-refractivity contribution in [3.8, 4) is 33.8 Å². The van der Waals surface area contributed by atoms with Gasteiger partial charge >= 0.3 is 5.97 Å². The molecule has 0 saturated carbocycles. The summed E-state index contributed by atoms with van der Waals surface area (Å²) in [4.78, 5) is 19.0. The number of rotatable bonds is 5. The molecule has 2 heterocycles. The summed E-state index contributed by atoms with van der Waals surface area (Å²) in [5.41, 5.74) is 4.56.